The van der Waals surface area contributed by atoms with Crippen LogP contribution < -0.4 is 0 Å². The van der Waals surface area contributed by atoms with Gasteiger partial charge in [0.05, 0.1) is 5.69 Å². The van der Waals surface area contributed by atoms with E-state index in [1.807, 2.05) is 6.92 Å². The van der Waals surface area contributed by atoms with Crippen LogP contribution in [0.15, 0.2) is 30.6 Å². The molecule has 16 heavy (non-hydrogen) atoms. The molecule has 2 rings (SSSR count). The molecule has 1 heterocycles. The summed E-state index contributed by atoms with van der Waals surface area (Å²) >= 11 is 0. The summed E-state index contributed by atoms with van der Waals surface area (Å²) in [5.41, 5.74) is 2.44. The summed E-state index contributed by atoms with van der Waals surface area (Å²) in [7, 11) is 0. The highest BCUT2D eigenvalue weighted by atomic mass is 15.3. The van der Waals surface area contributed by atoms with E-state index in [2.05, 4.69) is 48.2 Å². The molecule has 1 aromatic carbocycles. The van der Waals surface area contributed by atoms with Crippen LogP contribution in [0.2, 0.25) is 0 Å². The van der Waals surface area contributed by atoms with Crippen LogP contribution in [0.1, 0.15) is 37.6 Å². The van der Waals surface area contributed by atoms with E-state index < -0.39 is 0 Å². The minimum atomic E-state index is 0.617. The molecule has 0 aliphatic rings. The highest BCUT2D eigenvalue weighted by Gasteiger charge is 2.03. The van der Waals surface area contributed by atoms with Crippen LogP contribution in [-0.2, 0) is 0 Å². The second-order valence-electron chi connectivity index (χ2n) is 4.14. The molecule has 0 saturated carbocycles. The van der Waals surface area contributed by atoms with Crippen molar-refractivity contribution in [3.05, 3.63) is 42.0 Å². The number of benzene rings is 1. The Bertz CT molecular complexity index is 456. The van der Waals surface area contributed by atoms with E-state index in [4.69, 9.17) is 0 Å². The lowest BCUT2D eigenvalue weighted by Gasteiger charge is -2.09. The topological polar surface area (TPSA) is 30.7 Å². The molecule has 0 aliphatic carbocycles. The van der Waals surface area contributed by atoms with Crippen LogP contribution in [0, 0.1) is 6.92 Å². The molecule has 0 aliphatic heterocycles. The number of hydrogen-bond donors (Lipinski definition) is 0. The van der Waals surface area contributed by atoms with E-state index in [0.717, 1.165) is 11.5 Å². The van der Waals surface area contributed by atoms with E-state index in [0.29, 0.717) is 5.92 Å². The Balaban J connectivity index is 2.25. The minimum absolute atomic E-state index is 0.617. The first kappa shape index (κ1) is 10.9. The third-order valence-corrected chi connectivity index (χ3v) is 2.95. The third-order valence-electron chi connectivity index (χ3n) is 2.95. The maximum atomic E-state index is 4.28. The van der Waals surface area contributed by atoms with Crippen LogP contribution >= 0.6 is 0 Å². The van der Waals surface area contributed by atoms with Crippen LogP contribution in [0.3, 0.4) is 0 Å². The molecular weight excluding hydrogens is 198 g/mol. The molecule has 1 atom stereocenters. The first-order valence-corrected chi connectivity index (χ1v) is 5.69. The molecule has 0 amide bonds. The van der Waals surface area contributed by atoms with Crippen molar-refractivity contribution in [2.75, 3.05) is 0 Å². The SMILES string of the molecule is CCC(C)c1ccc(-n2cnc(C)n2)cc1. The summed E-state index contributed by atoms with van der Waals surface area (Å²) in [6.45, 7) is 6.35. The average Bonchev–Trinajstić information content (AvgIpc) is 2.75. The Morgan fingerprint density at radius 2 is 1.94 bits per heavy atom. The van der Waals surface area contributed by atoms with E-state index in [9.17, 15) is 0 Å². The fourth-order valence-corrected chi connectivity index (χ4v) is 1.66. The maximum Gasteiger partial charge on any atom is 0.147 e. The third kappa shape index (κ3) is 2.13. The maximum absolute atomic E-state index is 4.28. The Labute approximate surface area is 96.1 Å². The fourth-order valence-electron chi connectivity index (χ4n) is 1.66. The second kappa shape index (κ2) is 4.47. The van der Waals surface area contributed by atoms with Crippen LogP contribution in [0.5, 0.6) is 0 Å². The van der Waals surface area contributed by atoms with Gasteiger partial charge in [0.1, 0.15) is 12.2 Å². The molecule has 0 fully saturated rings. The van der Waals surface area contributed by atoms with Crippen LogP contribution in [0.4, 0.5) is 0 Å². The predicted octanol–water partition coefficient (Wildman–Crippen LogP) is 3.09. The van der Waals surface area contributed by atoms with Gasteiger partial charge in [0.15, 0.2) is 0 Å². The fraction of sp³-hybridized carbons (Fsp3) is 0.385. The quantitative estimate of drug-likeness (QED) is 0.787. The zero-order valence-electron chi connectivity index (χ0n) is 10.0. The molecule has 0 N–H and O–H groups in total. The summed E-state index contributed by atoms with van der Waals surface area (Å²) in [5.74, 6) is 1.41. The molecule has 0 saturated heterocycles. The predicted molar refractivity (Wildman–Crippen MR) is 64.8 cm³/mol. The highest BCUT2D eigenvalue weighted by Crippen LogP contribution is 2.19. The Kier molecular flexibility index (Phi) is 3.04. The standard InChI is InChI=1S/C13H17N3/c1-4-10(2)12-5-7-13(8-6-12)16-9-14-11(3)15-16/h5-10H,4H2,1-3H3. The monoisotopic (exact) mass is 215 g/mol. The zero-order chi connectivity index (χ0) is 11.5. The van der Waals surface area contributed by atoms with Crippen molar-refractivity contribution in [2.45, 2.75) is 33.1 Å². The van der Waals surface area contributed by atoms with Gasteiger partial charge in [-0.2, -0.15) is 5.10 Å². The van der Waals surface area contributed by atoms with Crippen molar-refractivity contribution in [3.63, 3.8) is 0 Å². The van der Waals surface area contributed by atoms with Crippen molar-refractivity contribution in [3.8, 4) is 5.69 Å². The molecule has 0 spiro atoms. The number of aryl methyl sites for hydroxylation is 1. The first-order valence-electron chi connectivity index (χ1n) is 5.69. The molecule has 2 aromatic rings. The molecule has 84 valence electrons. The summed E-state index contributed by atoms with van der Waals surface area (Å²) < 4.78 is 1.80. The van der Waals surface area contributed by atoms with Gasteiger partial charge in [-0.05, 0) is 37.0 Å². The minimum Gasteiger partial charge on any atom is -0.221 e. The lowest BCUT2D eigenvalue weighted by Crippen LogP contribution is -1.96. The Morgan fingerprint density at radius 3 is 2.44 bits per heavy atom. The van der Waals surface area contributed by atoms with Gasteiger partial charge in [0.2, 0.25) is 0 Å². The summed E-state index contributed by atoms with van der Waals surface area (Å²) in [5, 5.41) is 4.28. The number of rotatable bonds is 3. The van der Waals surface area contributed by atoms with Gasteiger partial charge < -0.3 is 0 Å². The molecule has 1 aromatic heterocycles. The molecule has 1 unspecified atom stereocenters. The second-order valence-corrected chi connectivity index (χ2v) is 4.14. The van der Waals surface area contributed by atoms with E-state index >= 15 is 0 Å². The molecule has 3 nitrogen and oxygen atoms in total. The lowest BCUT2D eigenvalue weighted by atomic mass is 9.99. The van der Waals surface area contributed by atoms with Crippen molar-refractivity contribution in [1.29, 1.82) is 0 Å². The summed E-state index contributed by atoms with van der Waals surface area (Å²) in [6.07, 6.45) is 2.91. The first-order chi connectivity index (χ1) is 7.70. The molecular formula is C13H17N3. The molecule has 3 heteroatoms. The average molecular weight is 215 g/mol. The van der Waals surface area contributed by atoms with Crippen molar-refractivity contribution in [2.24, 2.45) is 0 Å². The largest absolute Gasteiger partial charge is 0.221 e. The van der Waals surface area contributed by atoms with E-state index in [1.165, 1.54) is 12.0 Å². The zero-order valence-corrected chi connectivity index (χ0v) is 10.0. The lowest BCUT2D eigenvalue weighted by molar-refractivity contribution is 0.732. The smallest absolute Gasteiger partial charge is 0.147 e. The Morgan fingerprint density at radius 1 is 1.25 bits per heavy atom. The number of nitrogens with zero attached hydrogens (tertiary/aromatic N) is 3. The van der Waals surface area contributed by atoms with Gasteiger partial charge in [0.25, 0.3) is 0 Å². The van der Waals surface area contributed by atoms with E-state index in [1.54, 1.807) is 11.0 Å². The van der Waals surface area contributed by atoms with Crippen LogP contribution in [0.25, 0.3) is 5.69 Å². The Hall–Kier alpha value is -1.64. The molecule has 0 radical (unpaired) electrons. The van der Waals surface area contributed by atoms with Crippen molar-refractivity contribution in [1.82, 2.24) is 14.8 Å². The van der Waals surface area contributed by atoms with Gasteiger partial charge in [-0.25, -0.2) is 9.67 Å². The highest BCUT2D eigenvalue weighted by molar-refractivity contribution is 5.34. The van der Waals surface area contributed by atoms with Crippen molar-refractivity contribution < 1.29 is 0 Å². The van der Waals surface area contributed by atoms with Gasteiger partial charge in [-0.1, -0.05) is 26.0 Å². The van der Waals surface area contributed by atoms with Gasteiger partial charge in [0, 0.05) is 0 Å². The number of aromatic nitrogens is 3. The summed E-state index contributed by atoms with van der Waals surface area (Å²) in [4.78, 5) is 4.12. The normalized spacial score (nSPS) is 12.7. The van der Waals surface area contributed by atoms with E-state index in [-0.39, 0.29) is 0 Å². The van der Waals surface area contributed by atoms with Crippen LogP contribution in [-0.4, -0.2) is 14.8 Å². The van der Waals surface area contributed by atoms with Crippen molar-refractivity contribution >= 4 is 0 Å². The summed E-state index contributed by atoms with van der Waals surface area (Å²) in [6, 6.07) is 8.52. The molecule has 0 bridgehead atoms. The van der Waals surface area contributed by atoms with Gasteiger partial charge in [-0.3, -0.25) is 0 Å². The van der Waals surface area contributed by atoms with Gasteiger partial charge in [-0.15, -0.1) is 0 Å². The van der Waals surface area contributed by atoms with Gasteiger partial charge >= 0.3 is 0 Å². The number of hydrogen-bond acceptors (Lipinski definition) is 2.